The highest BCUT2D eigenvalue weighted by Gasteiger charge is 2.18. The van der Waals surface area contributed by atoms with Crippen molar-refractivity contribution in [1.29, 1.82) is 0 Å². The monoisotopic (exact) mass is 507 g/mol. The summed E-state index contributed by atoms with van der Waals surface area (Å²) in [6.07, 6.45) is 0. The predicted molar refractivity (Wildman–Crippen MR) is 172 cm³/mol. The second kappa shape index (κ2) is 9.27. The van der Waals surface area contributed by atoms with Gasteiger partial charge in [-0.15, -0.1) is 0 Å². The zero-order valence-corrected chi connectivity index (χ0v) is 23.9. The van der Waals surface area contributed by atoms with Crippen molar-refractivity contribution in [3.8, 4) is 11.1 Å². The lowest BCUT2D eigenvalue weighted by molar-refractivity contribution is 0.590. The lowest BCUT2D eigenvalue weighted by Gasteiger charge is -2.23. The van der Waals surface area contributed by atoms with Gasteiger partial charge in [0, 0.05) is 16.9 Å². The van der Waals surface area contributed by atoms with Crippen molar-refractivity contribution in [2.24, 2.45) is 0 Å². The molecule has 0 bridgehead atoms. The number of rotatable bonds is 3. The van der Waals surface area contributed by atoms with Gasteiger partial charge in [-0.2, -0.15) is 0 Å². The van der Waals surface area contributed by atoms with Crippen LogP contribution in [0.25, 0.3) is 43.4 Å². The Kier molecular flexibility index (Phi) is 5.99. The summed E-state index contributed by atoms with van der Waals surface area (Å²) >= 11 is 0. The molecule has 6 rings (SSSR count). The van der Waals surface area contributed by atoms with Crippen LogP contribution in [0.15, 0.2) is 109 Å². The average molecular weight is 508 g/mol. The average Bonchev–Trinajstić information content (AvgIpc) is 2.92. The van der Waals surface area contributed by atoms with Crippen LogP contribution in [0.5, 0.6) is 0 Å². The standard InChI is InChI=1S/C38H37N/c1-37(2,3)26-16-19-28(20-17-26)39-36-22-18-27(38(4,5)6)24-34(36)25-15-21-33-31-13-8-7-11-29(31)30-12-9-10-14-32(30)35(33)23-25/h7-24,39H,1-6H3. The molecule has 0 saturated carbocycles. The van der Waals surface area contributed by atoms with Gasteiger partial charge in [0.15, 0.2) is 0 Å². The van der Waals surface area contributed by atoms with Crippen LogP contribution in [0.2, 0.25) is 0 Å². The first-order valence-electron chi connectivity index (χ1n) is 14.0. The van der Waals surface area contributed by atoms with Gasteiger partial charge in [-0.1, -0.05) is 120 Å². The van der Waals surface area contributed by atoms with E-state index in [0.29, 0.717) is 0 Å². The van der Waals surface area contributed by atoms with Crippen LogP contribution in [0.1, 0.15) is 52.7 Å². The highest BCUT2D eigenvalue weighted by atomic mass is 14.9. The third kappa shape index (κ3) is 4.68. The minimum Gasteiger partial charge on any atom is -0.355 e. The summed E-state index contributed by atoms with van der Waals surface area (Å²) in [5.74, 6) is 0. The number of fused-ring (bicyclic) bond motifs is 6. The molecule has 0 aliphatic heterocycles. The first-order valence-corrected chi connectivity index (χ1v) is 14.0. The number of hydrogen-bond donors (Lipinski definition) is 1. The van der Waals surface area contributed by atoms with Crippen molar-refractivity contribution in [1.82, 2.24) is 0 Å². The Labute approximate surface area is 232 Å². The topological polar surface area (TPSA) is 12.0 Å². The summed E-state index contributed by atoms with van der Waals surface area (Å²) in [4.78, 5) is 0. The highest BCUT2D eigenvalue weighted by molar-refractivity contribution is 6.25. The van der Waals surface area contributed by atoms with E-state index in [4.69, 9.17) is 0 Å². The third-order valence-corrected chi connectivity index (χ3v) is 7.97. The van der Waals surface area contributed by atoms with E-state index in [1.54, 1.807) is 0 Å². The van der Waals surface area contributed by atoms with Gasteiger partial charge >= 0.3 is 0 Å². The quantitative estimate of drug-likeness (QED) is 0.235. The van der Waals surface area contributed by atoms with Gasteiger partial charge in [0.05, 0.1) is 0 Å². The van der Waals surface area contributed by atoms with E-state index in [0.717, 1.165) is 11.4 Å². The molecule has 0 atom stereocenters. The molecule has 39 heavy (non-hydrogen) atoms. The number of hydrogen-bond acceptors (Lipinski definition) is 1. The lowest BCUT2D eigenvalue weighted by Crippen LogP contribution is -2.11. The molecule has 1 N–H and O–H groups in total. The maximum atomic E-state index is 3.74. The predicted octanol–water partition coefficient (Wildman–Crippen LogP) is 11.2. The van der Waals surface area contributed by atoms with Crippen molar-refractivity contribution in [3.63, 3.8) is 0 Å². The van der Waals surface area contributed by atoms with E-state index in [2.05, 4.69) is 156 Å². The molecule has 1 nitrogen and oxygen atoms in total. The van der Waals surface area contributed by atoms with Gasteiger partial charge in [0.1, 0.15) is 0 Å². The van der Waals surface area contributed by atoms with Crippen LogP contribution < -0.4 is 5.32 Å². The summed E-state index contributed by atoms with van der Waals surface area (Å²) in [6.45, 7) is 13.6. The van der Waals surface area contributed by atoms with Crippen molar-refractivity contribution in [3.05, 3.63) is 120 Å². The van der Waals surface area contributed by atoms with E-state index >= 15 is 0 Å². The molecule has 6 aromatic rings. The molecule has 0 aliphatic rings. The second-order valence-electron chi connectivity index (χ2n) is 12.8. The molecule has 0 radical (unpaired) electrons. The Morgan fingerprint density at radius 3 is 1.46 bits per heavy atom. The summed E-state index contributed by atoms with van der Waals surface area (Å²) in [7, 11) is 0. The van der Waals surface area contributed by atoms with Crippen LogP contribution in [0.4, 0.5) is 11.4 Å². The molecular weight excluding hydrogens is 470 g/mol. The van der Waals surface area contributed by atoms with Crippen molar-refractivity contribution in [2.45, 2.75) is 52.4 Å². The molecule has 6 aromatic carbocycles. The van der Waals surface area contributed by atoms with Crippen LogP contribution in [0.3, 0.4) is 0 Å². The van der Waals surface area contributed by atoms with Gasteiger partial charge in [-0.05, 0) is 90.2 Å². The second-order valence-corrected chi connectivity index (χ2v) is 12.8. The number of anilines is 2. The van der Waals surface area contributed by atoms with E-state index in [1.165, 1.54) is 54.6 Å². The fourth-order valence-corrected chi connectivity index (χ4v) is 5.64. The Morgan fingerprint density at radius 2 is 0.923 bits per heavy atom. The van der Waals surface area contributed by atoms with E-state index in [-0.39, 0.29) is 10.8 Å². The van der Waals surface area contributed by atoms with Gasteiger partial charge in [0.2, 0.25) is 0 Å². The molecule has 0 heterocycles. The third-order valence-electron chi connectivity index (χ3n) is 7.97. The van der Waals surface area contributed by atoms with Gasteiger partial charge < -0.3 is 5.32 Å². The van der Waals surface area contributed by atoms with Crippen molar-refractivity contribution in [2.75, 3.05) is 5.32 Å². The molecule has 0 unspecified atom stereocenters. The van der Waals surface area contributed by atoms with Crippen LogP contribution >= 0.6 is 0 Å². The van der Waals surface area contributed by atoms with Gasteiger partial charge in [-0.25, -0.2) is 0 Å². The molecule has 0 spiro atoms. The Balaban J connectivity index is 1.54. The molecule has 0 saturated heterocycles. The minimum atomic E-state index is 0.0569. The molecule has 1 heteroatoms. The SMILES string of the molecule is CC(C)(C)c1ccc(Nc2ccc(C(C)(C)C)cc2-c2ccc3c4ccccc4c4ccccc4c3c2)cc1. The van der Waals surface area contributed by atoms with Crippen LogP contribution in [0, 0.1) is 0 Å². The van der Waals surface area contributed by atoms with E-state index in [1.807, 2.05) is 0 Å². The molecule has 194 valence electrons. The normalized spacial score (nSPS) is 12.4. The van der Waals surface area contributed by atoms with Crippen molar-refractivity contribution >= 4 is 43.7 Å². The Bertz CT molecular complexity index is 1790. The zero-order valence-electron chi connectivity index (χ0n) is 23.9. The Hall–Kier alpha value is -4.10. The van der Waals surface area contributed by atoms with Gasteiger partial charge in [-0.3, -0.25) is 0 Å². The van der Waals surface area contributed by atoms with Gasteiger partial charge in [0.25, 0.3) is 0 Å². The zero-order chi connectivity index (χ0) is 27.4. The number of benzene rings is 6. The molecule has 0 aliphatic carbocycles. The summed E-state index contributed by atoms with van der Waals surface area (Å²) < 4.78 is 0. The maximum absolute atomic E-state index is 3.74. The first kappa shape index (κ1) is 25.2. The Morgan fingerprint density at radius 1 is 0.436 bits per heavy atom. The first-order chi connectivity index (χ1) is 18.6. The van der Waals surface area contributed by atoms with Crippen LogP contribution in [-0.4, -0.2) is 0 Å². The summed E-state index contributed by atoms with van der Waals surface area (Å²) in [5, 5.41) is 11.6. The largest absolute Gasteiger partial charge is 0.355 e. The minimum absolute atomic E-state index is 0.0569. The number of nitrogens with one attached hydrogen (secondary N) is 1. The summed E-state index contributed by atoms with van der Waals surface area (Å²) in [6, 6.07) is 40.3. The maximum Gasteiger partial charge on any atom is 0.0464 e. The molecule has 0 aromatic heterocycles. The smallest absolute Gasteiger partial charge is 0.0464 e. The molecular formula is C38H37N. The fraction of sp³-hybridized carbons (Fsp3) is 0.211. The lowest BCUT2D eigenvalue weighted by atomic mass is 9.84. The molecule has 0 amide bonds. The highest BCUT2D eigenvalue weighted by Crippen LogP contribution is 2.40. The van der Waals surface area contributed by atoms with E-state index < -0.39 is 0 Å². The van der Waals surface area contributed by atoms with Crippen LogP contribution in [-0.2, 0) is 10.8 Å². The fourth-order valence-electron chi connectivity index (χ4n) is 5.64. The van der Waals surface area contributed by atoms with E-state index in [9.17, 15) is 0 Å². The summed E-state index contributed by atoms with van der Waals surface area (Å²) in [5.41, 5.74) is 7.53. The van der Waals surface area contributed by atoms with Crippen molar-refractivity contribution < 1.29 is 0 Å². The molecule has 0 fully saturated rings.